The number of nitrogens with one attached hydrogen (secondary N) is 2. The molecule has 0 bridgehead atoms. The molecule has 0 unspecified atom stereocenters. The average Bonchev–Trinajstić information content (AvgIpc) is 3.35. The van der Waals surface area contributed by atoms with Crippen molar-refractivity contribution in [2.24, 2.45) is 11.3 Å². The number of fused-ring (bicyclic) bond motifs is 3. The monoisotopic (exact) mass is 422 g/mol. The summed E-state index contributed by atoms with van der Waals surface area (Å²) in [7, 11) is 0. The van der Waals surface area contributed by atoms with E-state index in [-0.39, 0.29) is 11.5 Å². The van der Waals surface area contributed by atoms with Gasteiger partial charge in [0.05, 0.1) is 30.9 Å². The second-order valence-electron chi connectivity index (χ2n) is 9.66. The van der Waals surface area contributed by atoms with Gasteiger partial charge in [0.25, 0.3) is 0 Å². The highest BCUT2D eigenvalue weighted by Crippen LogP contribution is 2.37. The van der Waals surface area contributed by atoms with Crippen molar-refractivity contribution in [1.82, 2.24) is 24.8 Å². The quantitative estimate of drug-likeness (QED) is 0.612. The Morgan fingerprint density at radius 3 is 2.84 bits per heavy atom. The lowest BCUT2D eigenvalue weighted by Crippen LogP contribution is -2.29. The van der Waals surface area contributed by atoms with Crippen molar-refractivity contribution >= 4 is 28.2 Å². The smallest absolute Gasteiger partial charge is 0.407 e. The van der Waals surface area contributed by atoms with E-state index in [0.29, 0.717) is 25.5 Å². The van der Waals surface area contributed by atoms with Gasteiger partial charge < -0.3 is 19.6 Å². The normalized spacial score (nSPS) is 19.4. The van der Waals surface area contributed by atoms with E-state index in [9.17, 15) is 4.79 Å². The van der Waals surface area contributed by atoms with Gasteiger partial charge >= 0.3 is 6.09 Å². The summed E-state index contributed by atoms with van der Waals surface area (Å²) in [5.41, 5.74) is 2.62. The van der Waals surface area contributed by atoms with Gasteiger partial charge in [-0.25, -0.2) is 14.8 Å². The highest BCUT2D eigenvalue weighted by molar-refractivity contribution is 6.01. The minimum Gasteiger partial charge on any atom is -0.449 e. The van der Waals surface area contributed by atoms with E-state index < -0.39 is 6.09 Å². The van der Waals surface area contributed by atoms with Gasteiger partial charge in [-0.2, -0.15) is 5.26 Å². The lowest BCUT2D eigenvalue weighted by molar-refractivity contribution is 0.105. The van der Waals surface area contributed by atoms with Crippen LogP contribution in [0.4, 0.5) is 4.79 Å². The molecule has 0 saturated heterocycles. The molecule has 8 heteroatoms. The zero-order valence-corrected chi connectivity index (χ0v) is 18.4. The number of nitrogens with zero attached hydrogens (tertiary/aromatic N) is 4. The standard InChI is InChI=1S/C23H30N6O2/c1-23(2,3)14-31-22(30)27-13-19-28-18-12-26-21-17(9-11-25-21)20(18)29(19)16-6-4-15(5-7-16)8-10-24/h9,11-12,15-16H,4-8,13-14H2,1-3H3,(H,25,26)(H,27,30)/t15-,16-. The lowest BCUT2D eigenvalue weighted by Gasteiger charge is -2.30. The maximum Gasteiger partial charge on any atom is 0.407 e. The molecule has 1 saturated carbocycles. The van der Waals surface area contributed by atoms with Crippen molar-refractivity contribution in [3.8, 4) is 6.07 Å². The molecule has 0 aromatic carbocycles. The summed E-state index contributed by atoms with van der Waals surface area (Å²) in [5.74, 6) is 1.28. The van der Waals surface area contributed by atoms with Crippen LogP contribution in [0, 0.1) is 22.7 Å². The second-order valence-corrected chi connectivity index (χ2v) is 9.66. The van der Waals surface area contributed by atoms with E-state index in [1.807, 2.05) is 33.0 Å². The van der Waals surface area contributed by atoms with E-state index in [0.717, 1.165) is 53.6 Å². The molecule has 1 amide bonds. The Labute approximate surface area is 182 Å². The average molecular weight is 423 g/mol. The highest BCUT2D eigenvalue weighted by Gasteiger charge is 2.27. The molecular weight excluding hydrogens is 392 g/mol. The molecule has 8 nitrogen and oxygen atoms in total. The molecule has 3 aromatic rings. The Morgan fingerprint density at radius 2 is 2.13 bits per heavy atom. The van der Waals surface area contributed by atoms with Crippen molar-refractivity contribution in [2.75, 3.05) is 6.61 Å². The third-order valence-electron chi connectivity index (χ3n) is 5.90. The van der Waals surface area contributed by atoms with Crippen LogP contribution in [0.25, 0.3) is 22.1 Å². The van der Waals surface area contributed by atoms with Crippen LogP contribution in [0.2, 0.25) is 0 Å². The predicted octanol–water partition coefficient (Wildman–Crippen LogP) is 4.83. The molecule has 1 aliphatic rings. The number of aromatic amines is 1. The first-order chi connectivity index (χ1) is 14.9. The van der Waals surface area contributed by atoms with Crippen LogP contribution in [0.3, 0.4) is 0 Å². The predicted molar refractivity (Wildman–Crippen MR) is 118 cm³/mol. The van der Waals surface area contributed by atoms with Gasteiger partial charge in [0, 0.05) is 24.0 Å². The number of carbonyl (C=O) groups excluding carboxylic acids is 1. The zero-order chi connectivity index (χ0) is 22.0. The molecule has 0 spiro atoms. The summed E-state index contributed by atoms with van der Waals surface area (Å²) in [5, 5.41) is 12.9. The summed E-state index contributed by atoms with van der Waals surface area (Å²) >= 11 is 0. The molecular formula is C23H30N6O2. The molecule has 1 fully saturated rings. The topological polar surface area (TPSA) is 109 Å². The van der Waals surface area contributed by atoms with Gasteiger partial charge in [-0.05, 0) is 43.1 Å². The number of aromatic nitrogens is 4. The summed E-state index contributed by atoms with van der Waals surface area (Å²) < 4.78 is 7.63. The largest absolute Gasteiger partial charge is 0.449 e. The summed E-state index contributed by atoms with van der Waals surface area (Å²) in [6, 6.07) is 4.62. The van der Waals surface area contributed by atoms with Gasteiger partial charge in [-0.15, -0.1) is 0 Å². The first-order valence-corrected chi connectivity index (χ1v) is 11.0. The molecule has 4 rings (SSSR count). The van der Waals surface area contributed by atoms with Crippen LogP contribution in [0.15, 0.2) is 18.5 Å². The SMILES string of the molecule is CC(C)(C)COC(=O)NCc1nc2cnc3[nH]ccc3c2n1[C@H]1CC[C@H](CC#N)CC1. The van der Waals surface area contributed by atoms with Crippen LogP contribution in [-0.2, 0) is 11.3 Å². The van der Waals surface area contributed by atoms with Crippen molar-refractivity contribution in [2.45, 2.75) is 65.5 Å². The Hall–Kier alpha value is -3.08. The molecule has 0 atom stereocenters. The van der Waals surface area contributed by atoms with Crippen molar-refractivity contribution in [1.29, 1.82) is 5.26 Å². The van der Waals surface area contributed by atoms with Crippen LogP contribution in [0.1, 0.15) is 64.7 Å². The van der Waals surface area contributed by atoms with E-state index in [1.54, 1.807) is 6.20 Å². The molecule has 0 aliphatic heterocycles. The maximum absolute atomic E-state index is 12.2. The van der Waals surface area contributed by atoms with Gasteiger partial charge in [0.2, 0.25) is 0 Å². The third-order valence-corrected chi connectivity index (χ3v) is 5.90. The fourth-order valence-electron chi connectivity index (χ4n) is 4.38. The number of H-pyrrole nitrogens is 1. The molecule has 3 heterocycles. The van der Waals surface area contributed by atoms with Crippen LogP contribution >= 0.6 is 0 Å². The molecule has 31 heavy (non-hydrogen) atoms. The minimum atomic E-state index is -0.434. The van der Waals surface area contributed by atoms with Crippen LogP contribution in [0.5, 0.6) is 0 Å². The van der Waals surface area contributed by atoms with Crippen molar-refractivity contribution in [3.63, 3.8) is 0 Å². The zero-order valence-electron chi connectivity index (χ0n) is 18.4. The molecule has 1 aliphatic carbocycles. The van der Waals surface area contributed by atoms with E-state index in [4.69, 9.17) is 15.0 Å². The fraction of sp³-hybridized carbons (Fsp3) is 0.565. The Morgan fingerprint density at radius 1 is 1.35 bits per heavy atom. The number of carbonyl (C=O) groups is 1. The van der Waals surface area contributed by atoms with E-state index >= 15 is 0 Å². The van der Waals surface area contributed by atoms with Crippen LogP contribution < -0.4 is 5.32 Å². The number of rotatable bonds is 5. The first-order valence-electron chi connectivity index (χ1n) is 11.0. The van der Waals surface area contributed by atoms with Crippen molar-refractivity contribution in [3.05, 3.63) is 24.3 Å². The first kappa shape index (κ1) is 21.2. The lowest BCUT2D eigenvalue weighted by atomic mass is 9.84. The molecule has 3 aromatic heterocycles. The number of amides is 1. The minimum absolute atomic E-state index is 0.0852. The number of hydrogen-bond donors (Lipinski definition) is 2. The van der Waals surface area contributed by atoms with Gasteiger partial charge in [-0.1, -0.05) is 20.8 Å². The van der Waals surface area contributed by atoms with E-state index in [2.05, 4.69) is 25.9 Å². The Balaban J connectivity index is 1.61. The number of pyridine rings is 1. The maximum atomic E-state index is 12.2. The summed E-state index contributed by atoms with van der Waals surface area (Å²) in [6.45, 7) is 6.72. The number of nitriles is 1. The van der Waals surface area contributed by atoms with Gasteiger partial charge in [0.15, 0.2) is 0 Å². The number of imidazole rings is 1. The fourth-order valence-corrected chi connectivity index (χ4v) is 4.38. The molecule has 164 valence electrons. The van der Waals surface area contributed by atoms with Gasteiger partial charge in [-0.3, -0.25) is 0 Å². The molecule has 0 radical (unpaired) electrons. The number of ether oxygens (including phenoxy) is 1. The summed E-state index contributed by atoms with van der Waals surface area (Å²) in [6.07, 6.45) is 7.90. The Bertz CT molecular complexity index is 1110. The van der Waals surface area contributed by atoms with Crippen LogP contribution in [-0.4, -0.2) is 32.2 Å². The number of hydrogen-bond acceptors (Lipinski definition) is 5. The highest BCUT2D eigenvalue weighted by atomic mass is 16.5. The number of alkyl carbamates (subject to hydrolysis) is 1. The summed E-state index contributed by atoms with van der Waals surface area (Å²) in [4.78, 5) is 24.7. The van der Waals surface area contributed by atoms with Crippen molar-refractivity contribution < 1.29 is 9.53 Å². The van der Waals surface area contributed by atoms with E-state index in [1.165, 1.54) is 0 Å². The third kappa shape index (κ3) is 4.66. The molecule has 2 N–H and O–H groups in total. The van der Waals surface area contributed by atoms with Gasteiger partial charge in [0.1, 0.15) is 17.0 Å². The second kappa shape index (κ2) is 8.58. The Kier molecular flexibility index (Phi) is 5.86.